The van der Waals surface area contributed by atoms with Crippen LogP contribution in [0, 0.1) is 6.92 Å². The molecular formula is C17H15F3N2O2. The minimum atomic E-state index is -4.56. The summed E-state index contributed by atoms with van der Waals surface area (Å²) in [5.41, 5.74) is 0.780. The molecule has 24 heavy (non-hydrogen) atoms. The van der Waals surface area contributed by atoms with Gasteiger partial charge in [0.05, 0.1) is 7.11 Å². The molecule has 4 nitrogen and oxygen atoms in total. The highest BCUT2D eigenvalue weighted by Gasteiger charge is 2.33. The van der Waals surface area contributed by atoms with E-state index in [1.54, 1.807) is 12.1 Å². The monoisotopic (exact) mass is 336 g/mol. The number of esters is 1. The molecule has 0 amide bonds. The van der Waals surface area contributed by atoms with Gasteiger partial charge in [0.2, 0.25) is 0 Å². The molecule has 0 saturated heterocycles. The number of nitrogens with zero attached hydrogens (tertiary/aromatic N) is 1. The number of anilines is 2. The molecule has 0 spiro atoms. The topological polar surface area (TPSA) is 51.2 Å². The molecule has 1 aromatic heterocycles. The van der Waals surface area contributed by atoms with Crippen LogP contribution in [-0.4, -0.2) is 18.1 Å². The van der Waals surface area contributed by atoms with E-state index in [2.05, 4.69) is 15.0 Å². The van der Waals surface area contributed by atoms with E-state index >= 15 is 0 Å². The zero-order chi connectivity index (χ0) is 17.7. The first-order valence-electron chi connectivity index (χ1n) is 6.98. The normalized spacial score (nSPS) is 11.5. The molecule has 0 aliphatic carbocycles. The number of methoxy groups -OCH3 is 1. The molecule has 0 aliphatic rings. The Hall–Kier alpha value is -2.83. The quantitative estimate of drug-likeness (QED) is 0.667. The van der Waals surface area contributed by atoms with Crippen molar-refractivity contribution >= 4 is 23.6 Å². The maximum Gasteiger partial charge on any atom is 0.433 e. The van der Waals surface area contributed by atoms with Gasteiger partial charge in [0, 0.05) is 17.3 Å². The minimum Gasteiger partial charge on any atom is -0.466 e. The molecule has 1 aromatic carbocycles. The Bertz CT molecular complexity index is 771. The average molecular weight is 336 g/mol. The molecule has 0 unspecified atom stereocenters. The molecule has 0 bridgehead atoms. The predicted octanol–water partition coefficient (Wildman–Crippen LogP) is 4.34. The van der Waals surface area contributed by atoms with Crippen molar-refractivity contribution < 1.29 is 22.7 Å². The number of alkyl halides is 3. The Morgan fingerprint density at radius 3 is 2.54 bits per heavy atom. The van der Waals surface area contributed by atoms with Crippen molar-refractivity contribution in [3.63, 3.8) is 0 Å². The minimum absolute atomic E-state index is 0.000668. The van der Waals surface area contributed by atoms with Crippen molar-refractivity contribution in [3.05, 3.63) is 59.3 Å². The van der Waals surface area contributed by atoms with Gasteiger partial charge in [-0.2, -0.15) is 13.2 Å². The van der Waals surface area contributed by atoms with Crippen molar-refractivity contribution in [1.82, 2.24) is 4.98 Å². The number of ether oxygens (including phenoxy) is 1. The van der Waals surface area contributed by atoms with E-state index in [4.69, 9.17) is 0 Å². The first kappa shape index (κ1) is 17.5. The highest BCUT2D eigenvalue weighted by atomic mass is 19.4. The second-order valence-corrected chi connectivity index (χ2v) is 4.93. The predicted molar refractivity (Wildman–Crippen MR) is 84.8 cm³/mol. The smallest absolute Gasteiger partial charge is 0.433 e. The van der Waals surface area contributed by atoms with Gasteiger partial charge in [-0.05, 0) is 36.8 Å². The summed E-state index contributed by atoms with van der Waals surface area (Å²) >= 11 is 0. The molecule has 1 N–H and O–H groups in total. The van der Waals surface area contributed by atoms with E-state index in [0.717, 1.165) is 17.7 Å². The second kappa shape index (κ2) is 7.16. The summed E-state index contributed by atoms with van der Waals surface area (Å²) in [4.78, 5) is 14.8. The zero-order valence-corrected chi connectivity index (χ0v) is 13.0. The lowest BCUT2D eigenvalue weighted by Crippen LogP contribution is -2.10. The van der Waals surface area contributed by atoms with Crippen molar-refractivity contribution in [3.8, 4) is 0 Å². The van der Waals surface area contributed by atoms with Gasteiger partial charge in [0.25, 0.3) is 0 Å². The number of carbonyl (C=O) groups excluding carboxylic acids is 1. The Balaban J connectivity index is 2.45. The van der Waals surface area contributed by atoms with Crippen molar-refractivity contribution in [2.45, 2.75) is 13.1 Å². The highest BCUT2D eigenvalue weighted by molar-refractivity contribution is 5.88. The fourth-order valence-electron chi connectivity index (χ4n) is 1.93. The van der Waals surface area contributed by atoms with Crippen molar-refractivity contribution in [2.75, 3.05) is 12.4 Å². The molecule has 2 rings (SSSR count). The van der Waals surface area contributed by atoms with Crippen LogP contribution in [0.3, 0.4) is 0 Å². The number of carbonyl (C=O) groups is 1. The number of benzene rings is 1. The van der Waals surface area contributed by atoms with Crippen LogP contribution in [0.25, 0.3) is 6.08 Å². The number of aryl methyl sites for hydroxylation is 1. The Morgan fingerprint density at radius 1 is 1.21 bits per heavy atom. The zero-order valence-electron chi connectivity index (χ0n) is 13.0. The van der Waals surface area contributed by atoms with Gasteiger partial charge < -0.3 is 10.1 Å². The summed E-state index contributed by atoms with van der Waals surface area (Å²) in [7, 11) is 1.21. The molecule has 0 atom stereocenters. The first-order valence-corrected chi connectivity index (χ1v) is 6.98. The summed E-state index contributed by atoms with van der Waals surface area (Å²) in [5, 5.41) is 2.88. The van der Waals surface area contributed by atoms with E-state index in [0.29, 0.717) is 11.3 Å². The van der Waals surface area contributed by atoms with Crippen LogP contribution in [-0.2, 0) is 15.7 Å². The van der Waals surface area contributed by atoms with Crippen LogP contribution in [0.2, 0.25) is 0 Å². The largest absolute Gasteiger partial charge is 0.466 e. The van der Waals surface area contributed by atoms with Crippen LogP contribution >= 0.6 is 0 Å². The number of hydrogen-bond acceptors (Lipinski definition) is 4. The fourth-order valence-corrected chi connectivity index (χ4v) is 1.93. The van der Waals surface area contributed by atoms with Gasteiger partial charge in [-0.3, -0.25) is 0 Å². The van der Waals surface area contributed by atoms with Gasteiger partial charge in [0.1, 0.15) is 11.5 Å². The van der Waals surface area contributed by atoms with Crippen LogP contribution < -0.4 is 5.32 Å². The summed E-state index contributed by atoms with van der Waals surface area (Å²) in [6.45, 7) is 1.82. The third kappa shape index (κ3) is 4.34. The molecule has 1 heterocycles. The van der Waals surface area contributed by atoms with Crippen LogP contribution in [0.1, 0.15) is 16.8 Å². The number of hydrogen-bond donors (Lipinski definition) is 1. The van der Waals surface area contributed by atoms with E-state index in [1.807, 2.05) is 19.1 Å². The number of nitrogens with one attached hydrogen (secondary N) is 1. The number of para-hydroxylation sites is 1. The van der Waals surface area contributed by atoms with Gasteiger partial charge in [-0.1, -0.05) is 18.2 Å². The Labute approximate surface area is 137 Å². The molecule has 0 radical (unpaired) electrons. The molecule has 0 aliphatic heterocycles. The van der Waals surface area contributed by atoms with Crippen LogP contribution in [0.5, 0.6) is 0 Å². The summed E-state index contributed by atoms with van der Waals surface area (Å²) in [6, 6.07) is 9.23. The van der Waals surface area contributed by atoms with Crippen LogP contribution in [0.15, 0.2) is 42.5 Å². The maximum absolute atomic E-state index is 12.9. The first-order chi connectivity index (χ1) is 11.3. The molecule has 0 saturated carbocycles. The van der Waals surface area contributed by atoms with Crippen molar-refractivity contribution in [1.29, 1.82) is 0 Å². The number of rotatable bonds is 4. The van der Waals surface area contributed by atoms with Crippen molar-refractivity contribution in [2.24, 2.45) is 0 Å². The SMILES string of the molecule is COC(=O)C=Cc1ccc(C(F)(F)F)nc1Nc1ccccc1C. The number of aromatic nitrogens is 1. The number of halogens is 3. The molecule has 0 fully saturated rings. The standard InChI is InChI=1S/C17H15F3N2O2/c1-11-5-3-4-6-13(11)21-16-12(8-10-15(23)24-2)7-9-14(22-16)17(18,19)20/h3-10H,1-2H3,(H,21,22). The summed E-state index contributed by atoms with van der Waals surface area (Å²) in [6.07, 6.45) is -2.10. The maximum atomic E-state index is 12.9. The fraction of sp³-hybridized carbons (Fsp3) is 0.176. The van der Waals surface area contributed by atoms with Gasteiger partial charge in [-0.25, -0.2) is 9.78 Å². The summed E-state index contributed by atoms with van der Waals surface area (Å²) in [5.74, 6) is -0.615. The van der Waals surface area contributed by atoms with E-state index < -0.39 is 17.8 Å². The Morgan fingerprint density at radius 2 is 1.92 bits per heavy atom. The van der Waals surface area contributed by atoms with Gasteiger partial charge in [-0.15, -0.1) is 0 Å². The summed E-state index contributed by atoms with van der Waals surface area (Å²) < 4.78 is 43.2. The molecule has 2 aromatic rings. The lowest BCUT2D eigenvalue weighted by Gasteiger charge is -2.14. The second-order valence-electron chi connectivity index (χ2n) is 4.93. The molecule has 7 heteroatoms. The van der Waals surface area contributed by atoms with E-state index in [9.17, 15) is 18.0 Å². The highest BCUT2D eigenvalue weighted by Crippen LogP contribution is 2.31. The lowest BCUT2D eigenvalue weighted by molar-refractivity contribution is -0.141. The molecule has 126 valence electrons. The lowest BCUT2D eigenvalue weighted by atomic mass is 10.1. The van der Waals surface area contributed by atoms with Gasteiger partial charge in [0.15, 0.2) is 0 Å². The number of pyridine rings is 1. The third-order valence-corrected chi connectivity index (χ3v) is 3.22. The average Bonchev–Trinajstić information content (AvgIpc) is 2.54. The van der Waals surface area contributed by atoms with E-state index in [-0.39, 0.29) is 5.82 Å². The Kier molecular flexibility index (Phi) is 5.23. The van der Waals surface area contributed by atoms with Gasteiger partial charge >= 0.3 is 12.1 Å². The molecular weight excluding hydrogens is 321 g/mol. The van der Waals surface area contributed by atoms with Crippen LogP contribution in [0.4, 0.5) is 24.7 Å². The third-order valence-electron chi connectivity index (χ3n) is 3.22. The van der Waals surface area contributed by atoms with E-state index in [1.165, 1.54) is 19.3 Å².